The summed E-state index contributed by atoms with van der Waals surface area (Å²) in [6.07, 6.45) is -20.0. The van der Waals surface area contributed by atoms with E-state index in [0.717, 1.165) is 17.0 Å². The minimum absolute atomic E-state index is 0.139. The van der Waals surface area contributed by atoms with Crippen LogP contribution in [0.25, 0.3) is 0 Å². The Hall–Kier alpha value is -3.04. The van der Waals surface area contributed by atoms with Crippen LogP contribution in [-0.4, -0.2) is 92.0 Å². The number of likely N-dealkylation sites (tertiary alicyclic amines) is 2. The second kappa shape index (κ2) is 13.1. The second-order valence-corrected chi connectivity index (χ2v) is 10.2. The van der Waals surface area contributed by atoms with E-state index in [4.69, 9.17) is 14.3 Å². The van der Waals surface area contributed by atoms with Crippen LogP contribution in [0.4, 0.5) is 50.0 Å². The smallest absolute Gasteiger partial charge is 0.426 e. The van der Waals surface area contributed by atoms with Crippen LogP contribution in [0.1, 0.15) is 36.8 Å². The third kappa shape index (κ3) is 8.28. The fourth-order valence-electron chi connectivity index (χ4n) is 5.56. The van der Waals surface area contributed by atoms with Crippen LogP contribution in [-0.2, 0) is 31.8 Å². The number of ether oxygens (including phenoxy) is 2. The molecule has 3 aliphatic rings. The van der Waals surface area contributed by atoms with Gasteiger partial charge in [-0.1, -0.05) is 0 Å². The normalized spacial score (nSPS) is 19.9. The number of morpholine rings is 1. The standard InChI is InChI=1S/C24H28F9N3O3.CO2/c25-22(26,27)17-12-16(13-18(14-17)34-8-10-38-11-9-34)15-36-5-1-2-21(36)3-6-35(7-4-21)20(37)39-19(23(28,29)30)24(31,32)33;2-1-3/h12-14,19H,1-11,15H2;. The van der Waals surface area contributed by atoms with Gasteiger partial charge in [0, 0.05) is 44.0 Å². The van der Waals surface area contributed by atoms with Crippen LogP contribution in [0.3, 0.4) is 0 Å². The molecule has 0 N–H and O–H groups in total. The number of anilines is 1. The number of benzene rings is 1. The molecule has 0 unspecified atom stereocenters. The lowest BCUT2D eigenvalue weighted by Gasteiger charge is -2.45. The van der Waals surface area contributed by atoms with Gasteiger partial charge in [0.05, 0.1) is 18.8 Å². The van der Waals surface area contributed by atoms with Gasteiger partial charge in [-0.05, 0) is 56.0 Å². The molecule has 17 heteroatoms. The number of rotatable bonds is 4. The Balaban J connectivity index is 0.00000155. The Bertz CT molecular complexity index is 1090. The Labute approximate surface area is 234 Å². The summed E-state index contributed by atoms with van der Waals surface area (Å²) in [7, 11) is 0. The van der Waals surface area contributed by atoms with Gasteiger partial charge in [-0.2, -0.15) is 49.1 Å². The highest BCUT2D eigenvalue weighted by molar-refractivity contribution is 5.68. The molecule has 1 aromatic carbocycles. The third-order valence-corrected chi connectivity index (χ3v) is 7.56. The van der Waals surface area contributed by atoms with Gasteiger partial charge in [-0.25, -0.2) is 4.79 Å². The van der Waals surface area contributed by atoms with Crippen LogP contribution < -0.4 is 4.90 Å². The van der Waals surface area contributed by atoms with Crippen molar-refractivity contribution in [2.45, 2.75) is 62.4 Å². The zero-order valence-electron chi connectivity index (χ0n) is 22.1. The summed E-state index contributed by atoms with van der Waals surface area (Å²) < 4.78 is 127. The van der Waals surface area contributed by atoms with Crippen LogP contribution >= 0.6 is 0 Å². The molecule has 0 aliphatic carbocycles. The van der Waals surface area contributed by atoms with Crippen molar-refractivity contribution in [1.29, 1.82) is 0 Å². The number of carbonyl (C=O) groups is 1. The molecule has 0 saturated carbocycles. The Kier molecular flexibility index (Phi) is 10.4. The topological polar surface area (TPSA) is 79.4 Å². The van der Waals surface area contributed by atoms with Gasteiger partial charge in [0.1, 0.15) is 0 Å². The van der Waals surface area contributed by atoms with Gasteiger partial charge in [-0.15, -0.1) is 0 Å². The molecular formula is C25H28F9N3O5. The second-order valence-electron chi connectivity index (χ2n) is 10.2. The summed E-state index contributed by atoms with van der Waals surface area (Å²) in [5.74, 6) is 0. The average Bonchev–Trinajstić information content (AvgIpc) is 3.27. The van der Waals surface area contributed by atoms with Crippen molar-refractivity contribution in [3.05, 3.63) is 29.3 Å². The van der Waals surface area contributed by atoms with Crippen molar-refractivity contribution >= 4 is 17.9 Å². The van der Waals surface area contributed by atoms with Gasteiger partial charge >= 0.3 is 30.8 Å². The first-order valence-electron chi connectivity index (χ1n) is 12.9. The van der Waals surface area contributed by atoms with Crippen LogP contribution in [0.5, 0.6) is 0 Å². The van der Waals surface area contributed by atoms with Gasteiger partial charge in [0.2, 0.25) is 0 Å². The van der Waals surface area contributed by atoms with E-state index < -0.39 is 41.8 Å². The van der Waals surface area contributed by atoms with Gasteiger partial charge < -0.3 is 19.3 Å². The summed E-state index contributed by atoms with van der Waals surface area (Å²) in [6, 6.07) is 3.90. The molecule has 236 valence electrons. The molecule has 8 nitrogen and oxygen atoms in total. The molecule has 1 amide bonds. The molecule has 0 bridgehead atoms. The lowest BCUT2D eigenvalue weighted by molar-refractivity contribution is -0.308. The first-order valence-corrected chi connectivity index (χ1v) is 12.9. The molecule has 1 aromatic rings. The molecule has 3 aliphatic heterocycles. The Morgan fingerprint density at radius 1 is 0.881 bits per heavy atom. The lowest BCUT2D eigenvalue weighted by atomic mass is 9.84. The number of halogens is 9. The van der Waals surface area contributed by atoms with E-state index in [0.29, 0.717) is 56.9 Å². The summed E-state index contributed by atoms with van der Waals surface area (Å²) >= 11 is 0. The average molecular weight is 621 g/mol. The van der Waals surface area contributed by atoms with E-state index in [2.05, 4.69) is 4.74 Å². The number of nitrogens with zero attached hydrogens (tertiary/aromatic N) is 3. The minimum atomic E-state index is -5.81. The summed E-state index contributed by atoms with van der Waals surface area (Å²) in [4.78, 5) is 33.1. The maximum absolute atomic E-state index is 13.7. The third-order valence-electron chi connectivity index (χ3n) is 7.56. The van der Waals surface area contributed by atoms with Gasteiger partial charge in [0.15, 0.2) is 0 Å². The predicted octanol–water partition coefficient (Wildman–Crippen LogP) is 5.02. The SMILES string of the molecule is O=C(OC(C(F)(F)F)C(F)(F)F)N1CCC2(CCCN2Cc2cc(N3CCOCC3)cc(C(F)(F)F)c2)CC1.O=C=O. The maximum Gasteiger partial charge on any atom is 0.434 e. The van der Waals surface area contributed by atoms with Crippen molar-refractivity contribution in [1.82, 2.24) is 9.80 Å². The molecule has 3 saturated heterocycles. The predicted molar refractivity (Wildman–Crippen MR) is 125 cm³/mol. The molecule has 3 fully saturated rings. The number of hydrogen-bond acceptors (Lipinski definition) is 7. The largest absolute Gasteiger partial charge is 0.434 e. The van der Waals surface area contributed by atoms with Crippen LogP contribution in [0.2, 0.25) is 0 Å². The highest BCUT2D eigenvalue weighted by atomic mass is 19.4. The van der Waals surface area contributed by atoms with E-state index in [1.54, 1.807) is 6.07 Å². The monoisotopic (exact) mass is 621 g/mol. The van der Waals surface area contributed by atoms with Gasteiger partial charge in [0.25, 0.3) is 6.10 Å². The van der Waals surface area contributed by atoms with E-state index in [1.807, 2.05) is 9.80 Å². The van der Waals surface area contributed by atoms with Crippen molar-refractivity contribution in [2.75, 3.05) is 50.8 Å². The lowest BCUT2D eigenvalue weighted by Crippen LogP contribution is -2.54. The first kappa shape index (κ1) is 33.5. The molecule has 3 heterocycles. The van der Waals surface area contributed by atoms with Crippen molar-refractivity contribution < 1.29 is 63.4 Å². The van der Waals surface area contributed by atoms with E-state index in [9.17, 15) is 44.3 Å². The van der Waals surface area contributed by atoms with Crippen molar-refractivity contribution in [3.8, 4) is 0 Å². The van der Waals surface area contributed by atoms with Gasteiger partial charge in [-0.3, -0.25) is 4.90 Å². The number of alkyl halides is 9. The number of amides is 1. The number of carbonyl (C=O) groups excluding carboxylic acids is 3. The summed E-state index contributed by atoms with van der Waals surface area (Å²) in [5.41, 5.74) is -0.459. The minimum Gasteiger partial charge on any atom is -0.426 e. The molecular weight excluding hydrogens is 593 g/mol. The van der Waals surface area contributed by atoms with Crippen LogP contribution in [0, 0.1) is 0 Å². The molecule has 0 aromatic heterocycles. The van der Waals surface area contributed by atoms with E-state index in [1.165, 1.54) is 0 Å². The molecule has 42 heavy (non-hydrogen) atoms. The molecule has 0 radical (unpaired) electrons. The number of hydrogen-bond donors (Lipinski definition) is 0. The fourth-order valence-corrected chi connectivity index (χ4v) is 5.56. The molecule has 4 rings (SSSR count). The highest BCUT2D eigenvalue weighted by Gasteiger charge is 2.60. The maximum atomic E-state index is 13.7. The van der Waals surface area contributed by atoms with Crippen molar-refractivity contribution in [2.24, 2.45) is 0 Å². The summed E-state index contributed by atoms with van der Waals surface area (Å²) in [6.45, 7) is 2.14. The van der Waals surface area contributed by atoms with E-state index in [-0.39, 0.29) is 38.6 Å². The highest BCUT2D eigenvalue weighted by Crippen LogP contribution is 2.42. The number of piperidine rings is 1. The molecule has 0 atom stereocenters. The van der Waals surface area contributed by atoms with E-state index >= 15 is 0 Å². The Morgan fingerprint density at radius 3 is 1.98 bits per heavy atom. The van der Waals surface area contributed by atoms with Crippen molar-refractivity contribution in [3.63, 3.8) is 0 Å². The molecule has 1 spiro atoms. The van der Waals surface area contributed by atoms with Crippen LogP contribution in [0.15, 0.2) is 18.2 Å². The Morgan fingerprint density at radius 2 is 1.45 bits per heavy atom. The summed E-state index contributed by atoms with van der Waals surface area (Å²) in [5, 5.41) is 0. The zero-order chi connectivity index (χ0) is 31.3. The first-order chi connectivity index (χ1) is 19.5. The fraction of sp³-hybridized carbons (Fsp3) is 0.680. The quantitative estimate of drug-likeness (QED) is 0.437. The zero-order valence-corrected chi connectivity index (χ0v) is 22.1.